The molecule has 0 aliphatic heterocycles. The highest BCUT2D eigenvalue weighted by Gasteiger charge is 2.02. The number of halogens is 2. The summed E-state index contributed by atoms with van der Waals surface area (Å²) in [5.74, 6) is -0.356. The second-order valence-corrected chi connectivity index (χ2v) is 4.09. The zero-order chi connectivity index (χ0) is 10.1. The van der Waals surface area contributed by atoms with Crippen LogP contribution in [0.1, 0.15) is 0 Å². The Labute approximate surface area is 93.9 Å². The number of nitrogens with zero attached hydrogens (tertiary/aromatic N) is 2. The van der Waals surface area contributed by atoms with E-state index in [9.17, 15) is 4.39 Å². The predicted octanol–water partition coefficient (Wildman–Crippen LogP) is 2.20. The molecule has 5 heteroatoms. The van der Waals surface area contributed by atoms with E-state index in [1.54, 1.807) is 23.1 Å². The topological polar surface area (TPSA) is 43.8 Å². The third-order valence-corrected chi connectivity index (χ3v) is 2.28. The van der Waals surface area contributed by atoms with Crippen molar-refractivity contribution in [3.05, 3.63) is 40.0 Å². The Morgan fingerprint density at radius 3 is 2.71 bits per heavy atom. The monoisotopic (exact) mass is 303 g/mol. The maximum atomic E-state index is 13.0. The van der Waals surface area contributed by atoms with Crippen molar-refractivity contribution in [2.45, 2.75) is 0 Å². The molecule has 0 aliphatic rings. The van der Waals surface area contributed by atoms with Crippen LogP contribution >= 0.6 is 22.6 Å². The van der Waals surface area contributed by atoms with Gasteiger partial charge in [-0.2, -0.15) is 5.10 Å². The Hall–Kier alpha value is -1.11. The molecule has 2 rings (SSSR count). The molecule has 0 unspecified atom stereocenters. The smallest absolute Gasteiger partial charge is 0.127 e. The Bertz CT molecular complexity index is 447. The Balaban J connectivity index is 2.51. The van der Waals surface area contributed by atoms with Crippen molar-refractivity contribution in [2.24, 2.45) is 0 Å². The van der Waals surface area contributed by atoms with Gasteiger partial charge in [0, 0.05) is 11.9 Å². The Kier molecular flexibility index (Phi) is 2.40. The predicted molar refractivity (Wildman–Crippen MR) is 60.7 cm³/mol. The van der Waals surface area contributed by atoms with Gasteiger partial charge < -0.3 is 5.73 Å². The summed E-state index contributed by atoms with van der Waals surface area (Å²) in [4.78, 5) is 0. The Morgan fingerprint density at radius 2 is 2.14 bits per heavy atom. The molecule has 2 aromatic rings. The SMILES string of the molecule is Nc1cc(F)cc(-n2cc(I)cn2)c1. The lowest BCUT2D eigenvalue weighted by Crippen LogP contribution is -1.97. The normalized spacial score (nSPS) is 10.4. The van der Waals surface area contributed by atoms with E-state index in [1.165, 1.54) is 12.1 Å². The molecule has 0 saturated heterocycles. The lowest BCUT2D eigenvalue weighted by Gasteiger charge is -2.02. The van der Waals surface area contributed by atoms with Crippen LogP contribution in [0, 0.1) is 9.39 Å². The molecule has 3 nitrogen and oxygen atoms in total. The fraction of sp³-hybridized carbons (Fsp3) is 0. The van der Waals surface area contributed by atoms with E-state index in [2.05, 4.69) is 27.7 Å². The van der Waals surface area contributed by atoms with Crippen LogP contribution in [0.3, 0.4) is 0 Å². The van der Waals surface area contributed by atoms with Gasteiger partial charge in [0.05, 0.1) is 15.5 Å². The van der Waals surface area contributed by atoms with Gasteiger partial charge in [-0.05, 0) is 40.8 Å². The third-order valence-electron chi connectivity index (χ3n) is 1.72. The van der Waals surface area contributed by atoms with Crippen LogP contribution in [-0.2, 0) is 0 Å². The second kappa shape index (κ2) is 3.56. The number of benzene rings is 1. The molecule has 0 fully saturated rings. The summed E-state index contributed by atoms with van der Waals surface area (Å²) in [6.07, 6.45) is 3.50. The zero-order valence-corrected chi connectivity index (χ0v) is 9.27. The summed E-state index contributed by atoms with van der Waals surface area (Å²) >= 11 is 2.14. The molecule has 0 saturated carbocycles. The molecule has 72 valence electrons. The van der Waals surface area contributed by atoms with Crippen molar-refractivity contribution in [3.8, 4) is 5.69 Å². The standard InChI is InChI=1S/C9H7FIN3/c10-6-1-8(12)3-9(2-6)14-5-7(11)4-13-14/h1-5H,12H2. The second-order valence-electron chi connectivity index (χ2n) is 2.85. The summed E-state index contributed by atoms with van der Waals surface area (Å²) in [6.45, 7) is 0. The van der Waals surface area contributed by atoms with E-state index in [4.69, 9.17) is 5.73 Å². The fourth-order valence-corrected chi connectivity index (χ4v) is 1.56. The molecular formula is C9H7FIN3. The average Bonchev–Trinajstić information content (AvgIpc) is 2.50. The first kappa shape index (κ1) is 9.45. The van der Waals surface area contributed by atoms with Crippen LogP contribution < -0.4 is 5.73 Å². The molecule has 0 atom stereocenters. The largest absolute Gasteiger partial charge is 0.399 e. The molecule has 1 heterocycles. The summed E-state index contributed by atoms with van der Waals surface area (Å²) < 4.78 is 15.6. The van der Waals surface area contributed by atoms with E-state index >= 15 is 0 Å². The molecule has 0 aliphatic carbocycles. The lowest BCUT2D eigenvalue weighted by atomic mass is 10.3. The van der Waals surface area contributed by atoms with Gasteiger partial charge in [-0.25, -0.2) is 9.07 Å². The van der Waals surface area contributed by atoms with Gasteiger partial charge in [-0.15, -0.1) is 0 Å². The molecular weight excluding hydrogens is 296 g/mol. The number of nitrogen functional groups attached to an aromatic ring is 1. The first-order valence-corrected chi connectivity index (χ1v) is 4.99. The van der Waals surface area contributed by atoms with Crippen molar-refractivity contribution in [1.29, 1.82) is 0 Å². The van der Waals surface area contributed by atoms with Gasteiger partial charge in [0.15, 0.2) is 0 Å². The third kappa shape index (κ3) is 1.87. The quantitative estimate of drug-likeness (QED) is 0.648. The van der Waals surface area contributed by atoms with Gasteiger partial charge in [-0.3, -0.25) is 0 Å². The number of hydrogen-bond donors (Lipinski definition) is 1. The van der Waals surface area contributed by atoms with Gasteiger partial charge >= 0.3 is 0 Å². The number of anilines is 1. The molecule has 0 bridgehead atoms. The molecule has 1 aromatic carbocycles. The van der Waals surface area contributed by atoms with E-state index in [0.29, 0.717) is 11.4 Å². The maximum Gasteiger partial charge on any atom is 0.127 e. The van der Waals surface area contributed by atoms with Gasteiger partial charge in [-0.1, -0.05) is 0 Å². The van der Waals surface area contributed by atoms with Crippen molar-refractivity contribution in [3.63, 3.8) is 0 Å². The average molecular weight is 303 g/mol. The van der Waals surface area contributed by atoms with Crippen LogP contribution in [0.2, 0.25) is 0 Å². The summed E-state index contributed by atoms with van der Waals surface area (Å²) in [5, 5.41) is 4.06. The van der Waals surface area contributed by atoms with Gasteiger partial charge in [0.25, 0.3) is 0 Å². The van der Waals surface area contributed by atoms with Gasteiger partial charge in [0.2, 0.25) is 0 Å². The van der Waals surface area contributed by atoms with Crippen molar-refractivity contribution in [2.75, 3.05) is 5.73 Å². The van der Waals surface area contributed by atoms with Gasteiger partial charge in [0.1, 0.15) is 5.82 Å². The molecule has 14 heavy (non-hydrogen) atoms. The van der Waals surface area contributed by atoms with Crippen molar-refractivity contribution < 1.29 is 4.39 Å². The first-order valence-electron chi connectivity index (χ1n) is 3.92. The fourth-order valence-electron chi connectivity index (χ4n) is 1.17. The maximum absolute atomic E-state index is 13.0. The molecule has 1 aromatic heterocycles. The van der Waals surface area contributed by atoms with Crippen LogP contribution in [0.25, 0.3) is 5.69 Å². The Morgan fingerprint density at radius 1 is 1.36 bits per heavy atom. The molecule has 0 amide bonds. The zero-order valence-electron chi connectivity index (χ0n) is 7.11. The first-order chi connectivity index (χ1) is 6.65. The highest BCUT2D eigenvalue weighted by molar-refractivity contribution is 14.1. The lowest BCUT2D eigenvalue weighted by molar-refractivity contribution is 0.626. The number of nitrogens with two attached hydrogens (primary N) is 1. The van der Waals surface area contributed by atoms with Crippen molar-refractivity contribution >= 4 is 28.3 Å². The van der Waals surface area contributed by atoms with Crippen LogP contribution in [-0.4, -0.2) is 9.78 Å². The molecule has 2 N–H and O–H groups in total. The number of hydrogen-bond acceptors (Lipinski definition) is 2. The van der Waals surface area contributed by atoms with Crippen LogP contribution in [0.5, 0.6) is 0 Å². The van der Waals surface area contributed by atoms with Crippen LogP contribution in [0.4, 0.5) is 10.1 Å². The van der Waals surface area contributed by atoms with Crippen LogP contribution in [0.15, 0.2) is 30.6 Å². The number of aromatic nitrogens is 2. The summed E-state index contributed by atoms with van der Waals surface area (Å²) in [6, 6.07) is 4.34. The minimum atomic E-state index is -0.356. The van der Waals surface area contributed by atoms with E-state index in [0.717, 1.165) is 3.57 Å². The minimum Gasteiger partial charge on any atom is -0.399 e. The highest BCUT2D eigenvalue weighted by Crippen LogP contribution is 2.15. The summed E-state index contributed by atoms with van der Waals surface area (Å²) in [5.41, 5.74) is 6.54. The van der Waals surface area contributed by atoms with Crippen molar-refractivity contribution in [1.82, 2.24) is 9.78 Å². The number of rotatable bonds is 1. The van der Waals surface area contributed by atoms with E-state index in [-0.39, 0.29) is 5.82 Å². The summed E-state index contributed by atoms with van der Waals surface area (Å²) in [7, 11) is 0. The molecule has 0 radical (unpaired) electrons. The molecule has 0 spiro atoms. The van der Waals surface area contributed by atoms with E-state index in [1.807, 2.05) is 0 Å². The minimum absolute atomic E-state index is 0.356. The highest BCUT2D eigenvalue weighted by atomic mass is 127. The van der Waals surface area contributed by atoms with E-state index < -0.39 is 0 Å².